The fourth-order valence-electron chi connectivity index (χ4n) is 13.2. The van der Waals surface area contributed by atoms with E-state index in [0.29, 0.717) is 48.3 Å². The number of hydrogen-bond acceptors (Lipinski definition) is 28. The third-order valence-corrected chi connectivity index (χ3v) is 21.5. The average molecular weight is 1890 g/mol. The first-order valence-electron chi connectivity index (χ1n) is 42.9. The number of rotatable bonds is 59. The summed E-state index contributed by atoms with van der Waals surface area (Å²) in [5, 5.41) is 128. The topological polar surface area (TPSA) is 731 Å². The number of aromatic hydroxyl groups is 2. The summed E-state index contributed by atoms with van der Waals surface area (Å²) in [6.45, 7) is 10.7. The van der Waals surface area contributed by atoms with Gasteiger partial charge in [0.15, 0.2) is 0 Å². The van der Waals surface area contributed by atoms with E-state index in [2.05, 4.69) is 84.7 Å². The number of carboxylic acid groups (broad SMARTS) is 3. The van der Waals surface area contributed by atoms with Gasteiger partial charge < -0.3 is 131 Å². The van der Waals surface area contributed by atoms with Crippen LogP contribution in [-0.4, -0.2) is 297 Å². The van der Waals surface area contributed by atoms with Gasteiger partial charge in [-0.1, -0.05) is 95.1 Å². The van der Waals surface area contributed by atoms with Crippen LogP contribution in [0.1, 0.15) is 134 Å². The number of amides is 15. The van der Waals surface area contributed by atoms with Crippen LogP contribution in [0.2, 0.25) is 0 Å². The molecule has 46 nitrogen and oxygen atoms in total. The summed E-state index contributed by atoms with van der Waals surface area (Å²) in [7, 11) is 0. The third kappa shape index (κ3) is 40.6. The molecule has 1 heterocycles. The number of aliphatic carboxylic acids is 3. The lowest BCUT2D eigenvalue weighted by Gasteiger charge is -2.30. The molecule has 3 aromatic carbocycles. The van der Waals surface area contributed by atoms with Crippen LogP contribution in [0, 0.1) is 25.7 Å². The second kappa shape index (κ2) is 57.1. The van der Waals surface area contributed by atoms with E-state index in [0.717, 1.165) is 25.6 Å². The molecule has 0 radical (unpaired) electrons. The summed E-state index contributed by atoms with van der Waals surface area (Å²) in [6, 6.07) is -2.63. The number of aliphatic hydroxyl groups is 4. The Bertz CT molecular complexity index is 4700. The van der Waals surface area contributed by atoms with Crippen molar-refractivity contribution >= 4 is 118 Å². The highest BCUT2D eigenvalue weighted by Gasteiger charge is 2.40. The Kier molecular flexibility index (Phi) is 48.1. The fourth-order valence-corrected chi connectivity index (χ4v) is 13.8. The maximum absolute atomic E-state index is 14.7. The second-order valence-electron chi connectivity index (χ2n) is 32.3. The molecule has 0 saturated heterocycles. The van der Waals surface area contributed by atoms with Crippen molar-refractivity contribution in [2.45, 2.75) is 237 Å². The number of nitrogens with zero attached hydrogens (tertiary/aromatic N) is 2. The molecular weight excluding hydrogens is 1770 g/mol. The number of hydrogen-bond donors (Lipinski definition) is 25. The van der Waals surface area contributed by atoms with E-state index in [1.165, 1.54) is 72.2 Å². The summed E-state index contributed by atoms with van der Waals surface area (Å²) in [6.07, 6.45) is -6.40. The second-order valence-corrected chi connectivity index (χ2v) is 33.3. The lowest BCUT2D eigenvalue weighted by atomic mass is 9.96. The van der Waals surface area contributed by atoms with Crippen molar-refractivity contribution in [3.8, 4) is 11.5 Å². The normalized spacial score (nSPS) is 14.7. The largest absolute Gasteiger partial charge is 0.508 e. The maximum atomic E-state index is 14.7. The first kappa shape index (κ1) is 112. The standard InChI is InChI=1S/C86H124N18O28S/c1-10-45(4)71(83(129)97-59(36-53-21-25-55(110)26-22-53)77(123)93-57(32-44(2)3)76(122)95-61(37-69(116)117)75(121)90-46(5)16-14-15-29-87)102-82(128)64(41-106)99-78(124)58(35-52-19-23-54(109)24-20-52)94-79(125)62(38-70(118)119)96-81(127)63(40-105)100-85(131)73(50(9)108)103-80(126)60(34-51-17-12-11-13-18-51)98-84(130)72(49(8)107)101-65(111)39-89-74(120)56(27-28-68(114)115)92-67(113)43-133-42-66(112)88-30-31-104-48(7)33-47(6)91-86(104)132/h11-13,17-26,33,44-46,49-50,56-64,71-73,105-110H,10,14-16,27-32,34-43,87H2,1-9H3,(H,88,112)(H,89,120)(H,90,121)(H,92,113)(H,93,123)(H,94,125)(H,95,122)(H,96,127)(H,97,129)(H,98,130)(H,99,124)(H,100,131)(H,101,111)(H,102,128)(H,103,126)(H,114,115)(H,116,117)(H,118,119)/t45-,46+,49+,50+,56-,57-,58-,59-,60-,61-,62-,63-,64-,71-,72-,73-/m0/s1. The highest BCUT2D eigenvalue weighted by Crippen LogP contribution is 2.18. The fraction of sp³-hybridized carbons (Fsp3) is 0.535. The van der Waals surface area contributed by atoms with Crippen LogP contribution in [0.4, 0.5) is 0 Å². The van der Waals surface area contributed by atoms with Crippen LogP contribution < -0.4 is 91.2 Å². The van der Waals surface area contributed by atoms with Gasteiger partial charge in [0, 0.05) is 56.2 Å². The van der Waals surface area contributed by atoms with Crippen LogP contribution in [0.25, 0.3) is 0 Å². The lowest BCUT2D eigenvalue weighted by molar-refractivity contribution is -0.142. The summed E-state index contributed by atoms with van der Waals surface area (Å²) in [5.41, 5.74) is 7.12. The van der Waals surface area contributed by atoms with Crippen molar-refractivity contribution in [3.05, 3.63) is 123 Å². The molecule has 0 bridgehead atoms. The monoisotopic (exact) mass is 1890 g/mol. The molecule has 0 aliphatic heterocycles. The van der Waals surface area contributed by atoms with Gasteiger partial charge in [-0.25, -0.2) is 4.79 Å². The highest BCUT2D eigenvalue weighted by molar-refractivity contribution is 8.00. The van der Waals surface area contributed by atoms with Crippen LogP contribution in [0.15, 0.2) is 89.7 Å². The van der Waals surface area contributed by atoms with Crippen molar-refractivity contribution in [1.29, 1.82) is 0 Å². The molecule has 47 heteroatoms. The Hall–Kier alpha value is -13.2. The van der Waals surface area contributed by atoms with Crippen molar-refractivity contribution in [3.63, 3.8) is 0 Å². The summed E-state index contributed by atoms with van der Waals surface area (Å²) in [5.74, 6) is -23.5. The molecule has 4 aromatic rings. The number of aromatic nitrogens is 2. The molecular formula is C86H124N18O28S. The molecule has 0 aliphatic rings. The highest BCUT2D eigenvalue weighted by atomic mass is 32.2. The third-order valence-electron chi connectivity index (χ3n) is 20.5. The number of carbonyl (C=O) groups is 18. The van der Waals surface area contributed by atoms with Gasteiger partial charge in [0.05, 0.1) is 56.3 Å². The van der Waals surface area contributed by atoms with Gasteiger partial charge in [0.2, 0.25) is 88.6 Å². The van der Waals surface area contributed by atoms with Gasteiger partial charge in [0.1, 0.15) is 84.0 Å². The van der Waals surface area contributed by atoms with E-state index >= 15 is 0 Å². The molecule has 0 unspecified atom stereocenters. The number of carbonyl (C=O) groups excluding carboxylic acids is 15. The van der Waals surface area contributed by atoms with E-state index in [4.69, 9.17) is 5.73 Å². The number of carboxylic acids is 3. The van der Waals surface area contributed by atoms with Crippen molar-refractivity contribution in [2.24, 2.45) is 17.6 Å². The van der Waals surface area contributed by atoms with Crippen LogP contribution in [0.3, 0.4) is 0 Å². The molecule has 4 rings (SSSR count). The molecule has 732 valence electrons. The van der Waals surface area contributed by atoms with Crippen LogP contribution >= 0.6 is 11.8 Å². The van der Waals surface area contributed by atoms with Gasteiger partial charge in [-0.05, 0) is 126 Å². The zero-order valence-corrected chi connectivity index (χ0v) is 76.0. The Morgan fingerprint density at radius 1 is 0.436 bits per heavy atom. The smallest absolute Gasteiger partial charge is 0.348 e. The molecule has 0 aliphatic carbocycles. The Balaban J connectivity index is 1.52. The number of unbranched alkanes of at least 4 members (excludes halogenated alkanes) is 1. The minimum atomic E-state index is -2.23. The number of benzene rings is 3. The average Bonchev–Trinajstić information content (AvgIpc) is 0.865. The molecule has 0 saturated carbocycles. The number of phenolic OH excluding ortho intramolecular Hbond substituents is 2. The van der Waals surface area contributed by atoms with E-state index in [1.807, 2.05) is 0 Å². The van der Waals surface area contributed by atoms with Crippen LogP contribution in [-0.2, 0) is 112 Å². The predicted octanol–water partition coefficient (Wildman–Crippen LogP) is -5.93. The van der Waals surface area contributed by atoms with Crippen molar-refractivity contribution in [1.82, 2.24) is 89.3 Å². The Morgan fingerprint density at radius 3 is 1.32 bits per heavy atom. The van der Waals surface area contributed by atoms with Crippen molar-refractivity contribution < 1.29 is 132 Å². The summed E-state index contributed by atoms with van der Waals surface area (Å²) < 4.78 is 1.36. The van der Waals surface area contributed by atoms with E-state index < -0.39 is 273 Å². The Labute approximate surface area is 770 Å². The van der Waals surface area contributed by atoms with Gasteiger partial charge in [-0.2, -0.15) is 4.98 Å². The molecule has 0 spiro atoms. The minimum absolute atomic E-state index is 0.0474. The summed E-state index contributed by atoms with van der Waals surface area (Å²) >= 11 is 0.833. The van der Waals surface area contributed by atoms with Gasteiger partial charge >= 0.3 is 23.6 Å². The number of aliphatic hydroxyl groups excluding tert-OH is 4. The Morgan fingerprint density at radius 2 is 0.850 bits per heavy atom. The number of phenols is 2. The zero-order chi connectivity index (χ0) is 99.5. The first-order chi connectivity index (χ1) is 62.8. The SMILES string of the molecule is CC[C@H](C)[C@H](NC(=O)[C@H](CO)NC(=O)[C@H](Cc1ccc(O)cc1)NC(=O)[C@H](CC(=O)O)NC(=O)[C@H](CO)NC(=O)[C@@H](NC(=O)[C@H](Cc1ccccc1)NC(=O)[C@@H](NC(=O)CNC(=O)[C@H](CCC(=O)O)NC(=O)CSCC(=O)NCCn1c(C)cc(C)nc1=O)[C@@H](C)O)[C@@H](C)O)C(=O)N[C@@H](Cc1ccc(O)cc1)C(=O)N[C@@H](CC(C)C)C(=O)N[C@@H](CC(=O)O)C(=O)N[C@H](C)CCCCN. The first-order valence-corrected chi connectivity index (χ1v) is 44.1. The molecule has 26 N–H and O–H groups in total. The number of thioether (sulfide) groups is 1. The molecule has 0 fully saturated rings. The van der Waals surface area contributed by atoms with Gasteiger partial charge in [-0.15, -0.1) is 11.8 Å². The van der Waals surface area contributed by atoms with E-state index in [1.54, 1.807) is 65.8 Å². The quantitative estimate of drug-likeness (QED) is 0.0183. The number of nitrogens with two attached hydrogens (primary N) is 1. The van der Waals surface area contributed by atoms with E-state index in [-0.39, 0.29) is 61.1 Å². The zero-order valence-electron chi connectivity index (χ0n) is 75.2. The lowest BCUT2D eigenvalue weighted by Crippen LogP contribution is -2.63. The minimum Gasteiger partial charge on any atom is -0.508 e. The van der Waals surface area contributed by atoms with Gasteiger partial charge in [0.25, 0.3) is 0 Å². The molecule has 1 aromatic heterocycles. The molecule has 16 atom stereocenters. The predicted molar refractivity (Wildman–Crippen MR) is 477 cm³/mol. The van der Waals surface area contributed by atoms with Crippen LogP contribution in [0.5, 0.6) is 11.5 Å². The van der Waals surface area contributed by atoms with Crippen molar-refractivity contribution in [2.75, 3.05) is 44.4 Å². The van der Waals surface area contributed by atoms with Gasteiger partial charge in [-0.3, -0.25) is 90.9 Å². The summed E-state index contributed by atoms with van der Waals surface area (Å²) in [4.78, 5) is 262. The maximum Gasteiger partial charge on any atom is 0.348 e. The molecule has 133 heavy (non-hydrogen) atoms. The number of nitrogens with one attached hydrogen (secondary N) is 15. The number of aryl methyl sites for hydroxylation is 2. The van der Waals surface area contributed by atoms with E-state index in [9.17, 15) is 137 Å². The molecule has 15 amide bonds.